The summed E-state index contributed by atoms with van der Waals surface area (Å²) in [5.74, 6) is 0.432. The molecule has 0 spiro atoms. The van der Waals surface area contributed by atoms with E-state index in [-0.39, 0.29) is 33.8 Å². The van der Waals surface area contributed by atoms with Crippen molar-refractivity contribution in [2.45, 2.75) is 38.9 Å². The van der Waals surface area contributed by atoms with Gasteiger partial charge in [0.1, 0.15) is 23.3 Å². The predicted octanol–water partition coefficient (Wildman–Crippen LogP) is 5.87. The molecule has 0 fully saturated rings. The first kappa shape index (κ1) is 29.1. The first-order valence-corrected chi connectivity index (χ1v) is 14.1. The van der Waals surface area contributed by atoms with Crippen LogP contribution in [0.2, 0.25) is 0 Å². The second kappa shape index (κ2) is 11.8. The molecule has 42 heavy (non-hydrogen) atoms. The number of ether oxygens (including phenoxy) is 2. The highest BCUT2D eigenvalue weighted by molar-refractivity contribution is 7.07. The SMILES string of the molecule is CCCC1=C(C(=O)OCC)C(c2ccccc2OC)n2c(s/c(=C\c3ccc(-c4cccc(C(F)(F)F)c4)o3)c2=O)=N1. The molecule has 5 rings (SSSR count). The molecule has 218 valence electrons. The summed E-state index contributed by atoms with van der Waals surface area (Å²) in [6.45, 7) is 3.83. The number of fused-ring (bicyclic) bond motifs is 1. The molecule has 0 N–H and O–H groups in total. The third-order valence-electron chi connectivity index (χ3n) is 6.70. The molecule has 1 unspecified atom stereocenters. The molecule has 2 aromatic heterocycles. The number of allylic oxidation sites excluding steroid dienone is 1. The zero-order chi connectivity index (χ0) is 30.0. The molecule has 1 aliphatic heterocycles. The average Bonchev–Trinajstić information content (AvgIpc) is 3.56. The number of thiazole rings is 1. The minimum Gasteiger partial charge on any atom is -0.496 e. The highest BCUT2D eigenvalue weighted by Gasteiger charge is 2.36. The quantitative estimate of drug-likeness (QED) is 0.238. The van der Waals surface area contributed by atoms with Crippen LogP contribution in [-0.2, 0) is 15.7 Å². The molecule has 7 nitrogen and oxygen atoms in total. The maximum Gasteiger partial charge on any atom is 0.416 e. The van der Waals surface area contributed by atoms with Crippen LogP contribution < -0.4 is 19.6 Å². The van der Waals surface area contributed by atoms with E-state index in [4.69, 9.17) is 18.9 Å². The fraction of sp³-hybridized carbons (Fsp3) is 0.258. The Bertz CT molecular complexity index is 1850. The van der Waals surface area contributed by atoms with Gasteiger partial charge < -0.3 is 13.9 Å². The Morgan fingerprint density at radius 1 is 1.12 bits per heavy atom. The molecule has 0 saturated carbocycles. The molecular formula is C31H27F3N2O5S. The van der Waals surface area contributed by atoms with Gasteiger partial charge in [0.05, 0.1) is 35.1 Å². The number of rotatable bonds is 8. The van der Waals surface area contributed by atoms with Gasteiger partial charge in [0, 0.05) is 17.2 Å². The summed E-state index contributed by atoms with van der Waals surface area (Å²) >= 11 is 1.13. The van der Waals surface area contributed by atoms with E-state index in [1.54, 1.807) is 43.3 Å². The van der Waals surface area contributed by atoms with Crippen molar-refractivity contribution in [1.29, 1.82) is 0 Å². The Morgan fingerprint density at radius 3 is 2.62 bits per heavy atom. The van der Waals surface area contributed by atoms with Gasteiger partial charge in [0.25, 0.3) is 5.56 Å². The Hall–Kier alpha value is -4.38. The largest absolute Gasteiger partial charge is 0.496 e. The normalized spacial score (nSPS) is 15.4. The molecule has 0 bridgehead atoms. The van der Waals surface area contributed by atoms with Crippen molar-refractivity contribution in [3.05, 3.63) is 109 Å². The molecule has 0 radical (unpaired) electrons. The lowest BCUT2D eigenvalue weighted by atomic mass is 9.93. The van der Waals surface area contributed by atoms with E-state index < -0.39 is 29.3 Å². The number of methoxy groups -OCH3 is 1. The minimum absolute atomic E-state index is 0.150. The summed E-state index contributed by atoms with van der Waals surface area (Å²) in [4.78, 5) is 32.4. The summed E-state index contributed by atoms with van der Waals surface area (Å²) in [7, 11) is 1.52. The van der Waals surface area contributed by atoms with Gasteiger partial charge in [-0.1, -0.05) is 55.0 Å². The summed E-state index contributed by atoms with van der Waals surface area (Å²) in [5, 5.41) is 0. The Labute approximate surface area is 242 Å². The van der Waals surface area contributed by atoms with Gasteiger partial charge in [-0.2, -0.15) is 13.2 Å². The maximum atomic E-state index is 13.9. The van der Waals surface area contributed by atoms with Crippen molar-refractivity contribution in [3.63, 3.8) is 0 Å². The topological polar surface area (TPSA) is 83.0 Å². The Morgan fingerprint density at radius 2 is 1.90 bits per heavy atom. The summed E-state index contributed by atoms with van der Waals surface area (Å²) in [6, 6.07) is 14.3. The van der Waals surface area contributed by atoms with Gasteiger partial charge in [-0.3, -0.25) is 9.36 Å². The van der Waals surface area contributed by atoms with E-state index in [1.807, 2.05) is 6.92 Å². The maximum absolute atomic E-state index is 13.9. The zero-order valence-corrected chi connectivity index (χ0v) is 23.8. The van der Waals surface area contributed by atoms with Crippen LogP contribution in [0.4, 0.5) is 13.2 Å². The summed E-state index contributed by atoms with van der Waals surface area (Å²) < 4.78 is 58.2. The van der Waals surface area contributed by atoms with Crippen molar-refractivity contribution in [3.8, 4) is 17.1 Å². The van der Waals surface area contributed by atoms with E-state index in [1.165, 1.54) is 29.9 Å². The lowest BCUT2D eigenvalue weighted by Gasteiger charge is -2.26. The van der Waals surface area contributed by atoms with Crippen molar-refractivity contribution in [1.82, 2.24) is 4.57 Å². The standard InChI is InChI=1S/C31H27F3N2O5S/c1-4-9-22-26(29(38)40-5-2)27(21-12-6-7-13-24(21)39-3)36-28(37)25(42-30(36)35-22)17-20-14-15-23(41-20)18-10-8-11-19(16-18)31(32,33)34/h6-8,10-17,27H,4-5,9H2,1-3H3/b25-17-. The highest BCUT2D eigenvalue weighted by atomic mass is 32.1. The summed E-state index contributed by atoms with van der Waals surface area (Å²) in [5.41, 5.74) is 0.456. The molecule has 1 aliphatic rings. The van der Waals surface area contributed by atoms with Gasteiger partial charge in [-0.15, -0.1) is 0 Å². The number of para-hydroxylation sites is 1. The molecule has 0 amide bonds. The minimum atomic E-state index is -4.49. The number of aromatic nitrogens is 1. The number of benzene rings is 2. The van der Waals surface area contributed by atoms with Gasteiger partial charge in [0.2, 0.25) is 0 Å². The van der Waals surface area contributed by atoms with Crippen LogP contribution in [0.3, 0.4) is 0 Å². The van der Waals surface area contributed by atoms with Crippen LogP contribution in [0.5, 0.6) is 5.75 Å². The van der Waals surface area contributed by atoms with Gasteiger partial charge >= 0.3 is 12.1 Å². The predicted molar refractivity (Wildman–Crippen MR) is 152 cm³/mol. The number of halogens is 3. The number of carbonyl (C=O) groups excluding carboxylic acids is 1. The second-order valence-electron chi connectivity index (χ2n) is 9.44. The molecular weight excluding hydrogens is 569 g/mol. The number of furan rings is 1. The average molecular weight is 597 g/mol. The number of alkyl halides is 3. The van der Waals surface area contributed by atoms with E-state index >= 15 is 0 Å². The third-order valence-corrected chi connectivity index (χ3v) is 7.68. The molecule has 11 heteroatoms. The smallest absolute Gasteiger partial charge is 0.416 e. The van der Waals surface area contributed by atoms with Crippen LogP contribution >= 0.6 is 11.3 Å². The molecule has 1 atom stereocenters. The Balaban J connectivity index is 1.66. The van der Waals surface area contributed by atoms with Crippen molar-refractivity contribution in [2.24, 2.45) is 4.99 Å². The number of hydrogen-bond acceptors (Lipinski definition) is 7. The molecule has 3 heterocycles. The van der Waals surface area contributed by atoms with Crippen LogP contribution in [0.15, 0.2) is 86.1 Å². The van der Waals surface area contributed by atoms with Crippen molar-refractivity contribution >= 4 is 23.4 Å². The van der Waals surface area contributed by atoms with Crippen LogP contribution in [0.25, 0.3) is 17.4 Å². The number of carbonyl (C=O) groups is 1. The lowest BCUT2D eigenvalue weighted by molar-refractivity contribution is -0.139. The number of hydrogen-bond donors (Lipinski definition) is 0. The molecule has 0 saturated heterocycles. The van der Waals surface area contributed by atoms with Crippen LogP contribution in [-0.4, -0.2) is 24.3 Å². The van der Waals surface area contributed by atoms with Crippen molar-refractivity contribution in [2.75, 3.05) is 13.7 Å². The highest BCUT2D eigenvalue weighted by Crippen LogP contribution is 2.37. The zero-order valence-electron chi connectivity index (χ0n) is 23.0. The monoisotopic (exact) mass is 596 g/mol. The number of esters is 1. The van der Waals surface area contributed by atoms with E-state index in [9.17, 15) is 22.8 Å². The van der Waals surface area contributed by atoms with E-state index in [2.05, 4.69) is 0 Å². The van der Waals surface area contributed by atoms with Crippen LogP contribution in [0.1, 0.15) is 49.6 Å². The van der Waals surface area contributed by atoms with Crippen molar-refractivity contribution < 1.29 is 31.9 Å². The van der Waals surface area contributed by atoms with Gasteiger partial charge in [-0.25, -0.2) is 9.79 Å². The lowest BCUT2D eigenvalue weighted by Crippen LogP contribution is -2.40. The third kappa shape index (κ3) is 5.56. The number of nitrogens with zero attached hydrogens (tertiary/aromatic N) is 2. The summed E-state index contributed by atoms with van der Waals surface area (Å²) in [6.07, 6.45) is -1.77. The van der Waals surface area contributed by atoms with Crippen LogP contribution in [0, 0.1) is 0 Å². The fourth-order valence-corrected chi connectivity index (χ4v) is 5.87. The second-order valence-corrected chi connectivity index (χ2v) is 10.4. The Kier molecular flexibility index (Phi) is 8.22. The fourth-order valence-electron chi connectivity index (χ4n) is 4.87. The first-order valence-electron chi connectivity index (χ1n) is 13.3. The van der Waals surface area contributed by atoms with Gasteiger partial charge in [0.15, 0.2) is 4.80 Å². The van der Waals surface area contributed by atoms with Gasteiger partial charge in [-0.05, 0) is 43.7 Å². The first-order chi connectivity index (χ1) is 20.2. The molecule has 0 aliphatic carbocycles. The van der Waals surface area contributed by atoms with E-state index in [0.717, 1.165) is 23.5 Å². The molecule has 2 aromatic carbocycles. The molecule has 4 aromatic rings. The van der Waals surface area contributed by atoms with E-state index in [0.29, 0.717) is 34.7 Å².